The fraction of sp³-hybridized carbons (Fsp3) is 0.333. The lowest BCUT2D eigenvalue weighted by atomic mass is 10.2. The van der Waals surface area contributed by atoms with E-state index in [1.54, 1.807) is 30.6 Å². The van der Waals surface area contributed by atoms with Crippen molar-refractivity contribution in [3.05, 3.63) is 46.6 Å². The molecule has 3 rings (SSSR count). The zero-order chi connectivity index (χ0) is 21.7. The van der Waals surface area contributed by atoms with Gasteiger partial charge in [-0.15, -0.1) is 23.1 Å². The monoisotopic (exact) mass is 445 g/mol. The highest BCUT2D eigenvalue weighted by Gasteiger charge is 2.23. The van der Waals surface area contributed by atoms with Gasteiger partial charge < -0.3 is 14.4 Å². The summed E-state index contributed by atoms with van der Waals surface area (Å²) in [4.78, 5) is 37.7. The number of rotatable bonds is 8. The zero-order valence-electron chi connectivity index (χ0n) is 17.3. The van der Waals surface area contributed by atoms with E-state index in [0.29, 0.717) is 33.7 Å². The van der Waals surface area contributed by atoms with Gasteiger partial charge in [0.25, 0.3) is 0 Å². The molecule has 9 heteroatoms. The number of carbonyl (C=O) groups is 2. The van der Waals surface area contributed by atoms with Gasteiger partial charge in [-0.05, 0) is 31.5 Å². The van der Waals surface area contributed by atoms with Crippen molar-refractivity contribution in [2.45, 2.75) is 24.5 Å². The molecular formula is C21H23N3O4S2. The van der Waals surface area contributed by atoms with Crippen molar-refractivity contribution in [2.24, 2.45) is 0 Å². The number of fused-ring (bicyclic) bond motifs is 1. The molecule has 0 atom stereocenters. The molecule has 3 aromatic rings. The smallest absolute Gasteiger partial charge is 0.348 e. The highest BCUT2D eigenvalue weighted by Crippen LogP contribution is 2.36. The number of anilines is 1. The number of aryl methyl sites for hydroxylation is 1. The van der Waals surface area contributed by atoms with Crippen molar-refractivity contribution in [3.8, 4) is 0 Å². The van der Waals surface area contributed by atoms with E-state index in [1.165, 1.54) is 18.4 Å². The number of methoxy groups -OCH3 is 1. The third kappa shape index (κ3) is 4.91. The first-order valence-corrected chi connectivity index (χ1v) is 11.2. The van der Waals surface area contributed by atoms with Gasteiger partial charge in [-0.1, -0.05) is 18.2 Å². The number of carbonyl (C=O) groups excluding carboxylic acids is 2. The number of hydrogen-bond donors (Lipinski definition) is 0. The van der Waals surface area contributed by atoms with Crippen molar-refractivity contribution in [1.29, 1.82) is 0 Å². The maximum absolute atomic E-state index is 12.4. The predicted octanol–water partition coefficient (Wildman–Crippen LogP) is 4.08. The Hall–Kier alpha value is -2.65. The highest BCUT2D eigenvalue weighted by atomic mass is 32.2. The molecule has 0 saturated carbocycles. The minimum absolute atomic E-state index is 0.0396. The molecule has 2 aromatic heterocycles. The van der Waals surface area contributed by atoms with Crippen LogP contribution in [-0.4, -0.2) is 49.2 Å². The van der Waals surface area contributed by atoms with Crippen LogP contribution in [0.5, 0.6) is 0 Å². The molecule has 0 aliphatic heterocycles. The minimum atomic E-state index is -0.375. The van der Waals surface area contributed by atoms with E-state index in [2.05, 4.69) is 0 Å². The molecule has 0 radical (unpaired) electrons. The van der Waals surface area contributed by atoms with Gasteiger partial charge >= 0.3 is 11.9 Å². The molecule has 2 heterocycles. The van der Waals surface area contributed by atoms with Crippen molar-refractivity contribution in [2.75, 3.05) is 32.2 Å². The van der Waals surface area contributed by atoms with E-state index in [4.69, 9.17) is 19.4 Å². The maximum Gasteiger partial charge on any atom is 0.348 e. The Labute approximate surface area is 183 Å². The number of nitrogens with zero attached hydrogens (tertiary/aromatic N) is 3. The van der Waals surface area contributed by atoms with E-state index in [1.807, 2.05) is 37.3 Å². The Bertz CT molecular complexity index is 1050. The van der Waals surface area contributed by atoms with Crippen LogP contribution in [0.1, 0.15) is 28.0 Å². The third-order valence-electron chi connectivity index (χ3n) is 4.34. The lowest BCUT2D eigenvalue weighted by molar-refractivity contribution is -0.138. The summed E-state index contributed by atoms with van der Waals surface area (Å²) in [5.41, 5.74) is 0.752. The second-order valence-electron chi connectivity index (χ2n) is 6.45. The summed E-state index contributed by atoms with van der Waals surface area (Å²) >= 11 is 2.91. The molecule has 0 aliphatic rings. The predicted molar refractivity (Wildman–Crippen MR) is 119 cm³/mol. The summed E-state index contributed by atoms with van der Waals surface area (Å²) in [7, 11) is 3.12. The molecule has 0 bridgehead atoms. The minimum Gasteiger partial charge on any atom is -0.468 e. The SMILES string of the molecule is CCOC(=O)c1sc2nc(CSc3ccccc3)nc(N(C)CC(=O)OC)c2c1C. The Morgan fingerprint density at radius 2 is 1.93 bits per heavy atom. The largest absolute Gasteiger partial charge is 0.468 e. The second-order valence-corrected chi connectivity index (χ2v) is 8.50. The van der Waals surface area contributed by atoms with Crippen LogP contribution in [0.15, 0.2) is 35.2 Å². The van der Waals surface area contributed by atoms with Crippen LogP contribution in [0.25, 0.3) is 10.2 Å². The lowest BCUT2D eigenvalue weighted by Gasteiger charge is -2.18. The molecule has 0 spiro atoms. The quantitative estimate of drug-likeness (QED) is 0.379. The van der Waals surface area contributed by atoms with Crippen molar-refractivity contribution >= 4 is 51.1 Å². The summed E-state index contributed by atoms with van der Waals surface area (Å²) in [5.74, 6) is 1.03. The van der Waals surface area contributed by atoms with Gasteiger partial charge in [0.15, 0.2) is 0 Å². The van der Waals surface area contributed by atoms with Crippen LogP contribution in [0, 0.1) is 6.92 Å². The van der Waals surface area contributed by atoms with Crippen LogP contribution in [0.4, 0.5) is 5.82 Å². The Morgan fingerprint density at radius 1 is 1.20 bits per heavy atom. The number of likely N-dealkylation sites (N-methyl/N-ethyl adjacent to an activating group) is 1. The number of ether oxygens (including phenoxy) is 2. The van der Waals surface area contributed by atoms with Crippen molar-refractivity contribution < 1.29 is 19.1 Å². The van der Waals surface area contributed by atoms with Crippen molar-refractivity contribution in [3.63, 3.8) is 0 Å². The molecule has 0 amide bonds. The first-order chi connectivity index (χ1) is 14.4. The Kier molecular flexibility index (Phi) is 7.28. The van der Waals surface area contributed by atoms with Crippen molar-refractivity contribution in [1.82, 2.24) is 9.97 Å². The summed E-state index contributed by atoms with van der Waals surface area (Å²) in [5, 5.41) is 0.753. The van der Waals surface area contributed by atoms with Crippen LogP contribution in [-0.2, 0) is 20.0 Å². The fourth-order valence-electron chi connectivity index (χ4n) is 2.89. The molecule has 0 unspecified atom stereocenters. The van der Waals surface area contributed by atoms with E-state index < -0.39 is 0 Å². The van der Waals surface area contributed by atoms with Gasteiger partial charge in [-0.2, -0.15) is 0 Å². The average molecular weight is 446 g/mol. The number of hydrogen-bond acceptors (Lipinski definition) is 9. The number of thiophene rings is 1. The summed E-state index contributed by atoms with van der Waals surface area (Å²) < 4.78 is 9.98. The van der Waals surface area contributed by atoms with Crippen LogP contribution >= 0.6 is 23.1 Å². The first kappa shape index (κ1) is 22.0. The van der Waals surface area contributed by atoms with Gasteiger partial charge in [0, 0.05) is 11.9 Å². The number of aromatic nitrogens is 2. The van der Waals surface area contributed by atoms with Crippen LogP contribution in [0.2, 0.25) is 0 Å². The third-order valence-corrected chi connectivity index (χ3v) is 6.52. The summed E-state index contributed by atoms with van der Waals surface area (Å²) in [6.07, 6.45) is 0. The first-order valence-electron chi connectivity index (χ1n) is 9.37. The van der Waals surface area contributed by atoms with Gasteiger partial charge in [0.2, 0.25) is 0 Å². The molecule has 1 aromatic carbocycles. The number of thioether (sulfide) groups is 1. The maximum atomic E-state index is 12.4. The number of benzene rings is 1. The molecule has 0 fully saturated rings. The fourth-order valence-corrected chi connectivity index (χ4v) is 4.75. The number of esters is 2. The molecular weight excluding hydrogens is 422 g/mol. The normalized spacial score (nSPS) is 10.8. The Balaban J connectivity index is 2.03. The highest BCUT2D eigenvalue weighted by molar-refractivity contribution is 7.98. The van der Waals surface area contributed by atoms with Crippen LogP contribution in [0.3, 0.4) is 0 Å². The zero-order valence-corrected chi connectivity index (χ0v) is 18.9. The topological polar surface area (TPSA) is 81.6 Å². The van der Waals surface area contributed by atoms with Gasteiger partial charge in [0.1, 0.15) is 27.9 Å². The van der Waals surface area contributed by atoms with E-state index in [9.17, 15) is 9.59 Å². The van der Waals surface area contributed by atoms with E-state index in [0.717, 1.165) is 15.8 Å². The van der Waals surface area contributed by atoms with Crippen LogP contribution < -0.4 is 4.90 Å². The molecule has 30 heavy (non-hydrogen) atoms. The standard InChI is InChI=1S/C21H23N3O4S2/c1-5-28-21(26)18-13(2)17-19(24(3)11-16(25)27-4)22-15(23-20(17)30-18)12-29-14-9-7-6-8-10-14/h6-10H,5,11-12H2,1-4H3. The Morgan fingerprint density at radius 3 is 2.60 bits per heavy atom. The van der Waals surface area contributed by atoms with Gasteiger partial charge in [0.05, 0.1) is 24.9 Å². The van der Waals surface area contributed by atoms with E-state index >= 15 is 0 Å². The second kappa shape index (κ2) is 9.90. The lowest BCUT2D eigenvalue weighted by Crippen LogP contribution is -2.27. The molecule has 7 nitrogen and oxygen atoms in total. The average Bonchev–Trinajstić information content (AvgIpc) is 3.09. The summed E-state index contributed by atoms with van der Waals surface area (Å²) in [6.45, 7) is 3.96. The molecule has 0 saturated heterocycles. The molecule has 0 N–H and O–H groups in total. The van der Waals surface area contributed by atoms with Gasteiger partial charge in [-0.3, -0.25) is 4.79 Å². The molecule has 0 aliphatic carbocycles. The summed E-state index contributed by atoms with van der Waals surface area (Å²) in [6, 6.07) is 9.99. The van der Waals surface area contributed by atoms with Gasteiger partial charge in [-0.25, -0.2) is 14.8 Å². The molecule has 158 valence electrons. The van der Waals surface area contributed by atoms with E-state index in [-0.39, 0.29) is 18.5 Å².